The summed E-state index contributed by atoms with van der Waals surface area (Å²) in [5.41, 5.74) is 0.179. The number of hydrogen-bond acceptors (Lipinski definition) is 6. The maximum Gasteiger partial charge on any atom is 0.288 e. The van der Waals surface area contributed by atoms with Gasteiger partial charge in [0, 0.05) is 18.7 Å². The molecule has 2 aliphatic rings. The number of ether oxygens (including phenoxy) is 1. The molecule has 0 saturated carbocycles. The lowest BCUT2D eigenvalue weighted by Gasteiger charge is -2.31. The quantitative estimate of drug-likeness (QED) is 0.879. The smallest absolute Gasteiger partial charge is 0.288 e. The van der Waals surface area contributed by atoms with E-state index in [9.17, 15) is 19.2 Å². The molecule has 8 heteroatoms. The van der Waals surface area contributed by atoms with Crippen molar-refractivity contribution in [3.05, 3.63) is 29.3 Å². The number of fused-ring (bicyclic) bond motifs is 1. The zero-order valence-corrected chi connectivity index (χ0v) is 14.8. The molecule has 2 aliphatic heterocycles. The predicted molar refractivity (Wildman–Crippen MR) is 92.0 cm³/mol. The first-order valence-electron chi connectivity index (χ1n) is 7.88. The number of nitrogens with zero attached hydrogens (tertiary/aromatic N) is 1. The molecule has 25 heavy (non-hydrogen) atoms. The minimum absolute atomic E-state index is 0.0637. The molecule has 0 aromatic heterocycles. The summed E-state index contributed by atoms with van der Waals surface area (Å²) >= 11 is 0.958. The Hall–Kier alpha value is -2.35. The van der Waals surface area contributed by atoms with Crippen LogP contribution in [0.25, 0.3) is 0 Å². The fraction of sp³-hybridized carbons (Fsp3) is 0.412. The fourth-order valence-electron chi connectivity index (χ4n) is 2.77. The average molecular weight is 362 g/mol. The van der Waals surface area contributed by atoms with Crippen LogP contribution in [0.3, 0.4) is 0 Å². The number of ketones is 1. The molecule has 132 valence electrons. The summed E-state index contributed by atoms with van der Waals surface area (Å²) in [7, 11) is 0. The molecule has 0 bridgehead atoms. The van der Waals surface area contributed by atoms with E-state index in [1.165, 1.54) is 6.07 Å². The van der Waals surface area contributed by atoms with Crippen LogP contribution >= 0.6 is 11.8 Å². The number of imide groups is 1. The Morgan fingerprint density at radius 1 is 1.32 bits per heavy atom. The molecule has 1 aromatic rings. The molecule has 0 unspecified atom stereocenters. The number of carbonyl (C=O) groups excluding carboxylic acids is 4. The van der Waals surface area contributed by atoms with Gasteiger partial charge in [0.15, 0.2) is 5.78 Å². The second-order valence-electron chi connectivity index (χ2n) is 6.53. The van der Waals surface area contributed by atoms with E-state index in [0.29, 0.717) is 16.9 Å². The first-order valence-corrected chi connectivity index (χ1v) is 8.87. The summed E-state index contributed by atoms with van der Waals surface area (Å²) in [6.07, 6.45) is 0.252. The van der Waals surface area contributed by atoms with Crippen LogP contribution in [0.4, 0.5) is 4.79 Å². The number of carbonyl (C=O) groups is 4. The number of amides is 3. The van der Waals surface area contributed by atoms with Crippen molar-refractivity contribution >= 4 is 34.6 Å². The van der Waals surface area contributed by atoms with Crippen molar-refractivity contribution < 1.29 is 23.9 Å². The molecule has 0 spiro atoms. The maximum atomic E-state index is 12.2. The summed E-state index contributed by atoms with van der Waals surface area (Å²) in [6.45, 7) is 3.98. The summed E-state index contributed by atoms with van der Waals surface area (Å²) in [6, 6.07) is 4.72. The topological polar surface area (TPSA) is 92.8 Å². The van der Waals surface area contributed by atoms with Crippen molar-refractivity contribution in [2.45, 2.75) is 25.9 Å². The van der Waals surface area contributed by atoms with Gasteiger partial charge in [0.25, 0.3) is 11.1 Å². The van der Waals surface area contributed by atoms with E-state index < -0.39 is 5.60 Å². The SMILES string of the molecule is CC1(C)CC(=O)c2cc(C(=O)NCCN3C(=O)CSC3=O)ccc2O1. The van der Waals surface area contributed by atoms with Crippen LogP contribution in [0.5, 0.6) is 5.75 Å². The molecule has 7 nitrogen and oxygen atoms in total. The molecular weight excluding hydrogens is 344 g/mol. The van der Waals surface area contributed by atoms with Crippen LogP contribution in [0.1, 0.15) is 41.0 Å². The normalized spacial score (nSPS) is 18.8. The zero-order valence-electron chi connectivity index (χ0n) is 14.0. The van der Waals surface area contributed by atoms with E-state index >= 15 is 0 Å². The van der Waals surface area contributed by atoms with Gasteiger partial charge < -0.3 is 10.1 Å². The Morgan fingerprint density at radius 3 is 2.76 bits per heavy atom. The number of benzene rings is 1. The van der Waals surface area contributed by atoms with E-state index in [1.54, 1.807) is 12.1 Å². The summed E-state index contributed by atoms with van der Waals surface area (Å²) in [5, 5.41) is 2.37. The van der Waals surface area contributed by atoms with Gasteiger partial charge in [0.05, 0.1) is 17.7 Å². The maximum absolute atomic E-state index is 12.2. The average Bonchev–Trinajstić information content (AvgIpc) is 2.85. The van der Waals surface area contributed by atoms with Gasteiger partial charge in [0.1, 0.15) is 11.4 Å². The van der Waals surface area contributed by atoms with Gasteiger partial charge in [-0.1, -0.05) is 11.8 Å². The summed E-state index contributed by atoms with van der Waals surface area (Å²) in [4.78, 5) is 48.6. The third kappa shape index (κ3) is 3.68. The number of rotatable bonds is 4. The highest BCUT2D eigenvalue weighted by molar-refractivity contribution is 8.14. The lowest BCUT2D eigenvalue weighted by atomic mass is 9.92. The number of hydrogen-bond donors (Lipinski definition) is 1. The lowest BCUT2D eigenvalue weighted by Crippen LogP contribution is -2.38. The zero-order chi connectivity index (χ0) is 18.2. The molecule has 0 radical (unpaired) electrons. The lowest BCUT2D eigenvalue weighted by molar-refractivity contribution is -0.124. The number of thioether (sulfide) groups is 1. The Morgan fingerprint density at radius 2 is 2.08 bits per heavy atom. The minimum atomic E-state index is -0.555. The van der Waals surface area contributed by atoms with Gasteiger partial charge in [0.2, 0.25) is 5.91 Å². The Balaban J connectivity index is 1.63. The van der Waals surface area contributed by atoms with Gasteiger partial charge in [-0.25, -0.2) is 0 Å². The largest absolute Gasteiger partial charge is 0.487 e. The van der Waals surface area contributed by atoms with Crippen molar-refractivity contribution in [1.82, 2.24) is 10.2 Å². The monoisotopic (exact) mass is 362 g/mol. The molecule has 0 atom stereocenters. The molecule has 3 amide bonds. The minimum Gasteiger partial charge on any atom is -0.487 e. The molecule has 1 saturated heterocycles. The van der Waals surface area contributed by atoms with Crippen molar-refractivity contribution in [3.63, 3.8) is 0 Å². The first-order chi connectivity index (χ1) is 11.8. The Kier molecular flexibility index (Phi) is 4.55. The molecule has 1 N–H and O–H groups in total. The van der Waals surface area contributed by atoms with Crippen molar-refractivity contribution in [2.24, 2.45) is 0 Å². The third-order valence-electron chi connectivity index (χ3n) is 3.98. The van der Waals surface area contributed by atoms with Crippen LogP contribution in [0.15, 0.2) is 18.2 Å². The molecule has 1 fully saturated rings. The van der Waals surface area contributed by atoms with Crippen molar-refractivity contribution in [2.75, 3.05) is 18.8 Å². The van der Waals surface area contributed by atoms with Gasteiger partial charge in [-0.15, -0.1) is 0 Å². The molecule has 2 heterocycles. The second-order valence-corrected chi connectivity index (χ2v) is 7.46. The fourth-order valence-corrected chi connectivity index (χ4v) is 3.53. The third-order valence-corrected chi connectivity index (χ3v) is 4.83. The molecule has 0 aliphatic carbocycles. The van der Waals surface area contributed by atoms with E-state index in [-0.39, 0.29) is 48.1 Å². The van der Waals surface area contributed by atoms with Gasteiger partial charge in [-0.2, -0.15) is 0 Å². The van der Waals surface area contributed by atoms with Gasteiger partial charge >= 0.3 is 0 Å². The van der Waals surface area contributed by atoms with Crippen LogP contribution in [-0.4, -0.2) is 52.2 Å². The second kappa shape index (κ2) is 6.51. The van der Waals surface area contributed by atoms with Crippen molar-refractivity contribution in [3.8, 4) is 5.75 Å². The molecule has 1 aromatic carbocycles. The van der Waals surface area contributed by atoms with Gasteiger partial charge in [-0.3, -0.25) is 24.1 Å². The highest BCUT2D eigenvalue weighted by atomic mass is 32.2. The van der Waals surface area contributed by atoms with Crippen LogP contribution in [0, 0.1) is 0 Å². The van der Waals surface area contributed by atoms with E-state index in [4.69, 9.17) is 4.74 Å². The van der Waals surface area contributed by atoms with Crippen molar-refractivity contribution in [1.29, 1.82) is 0 Å². The highest BCUT2D eigenvalue weighted by Gasteiger charge is 2.33. The van der Waals surface area contributed by atoms with E-state index in [1.807, 2.05) is 13.8 Å². The molecular formula is C17H18N2O5S. The van der Waals surface area contributed by atoms with Crippen LogP contribution in [-0.2, 0) is 4.79 Å². The van der Waals surface area contributed by atoms with E-state index in [0.717, 1.165) is 16.7 Å². The highest BCUT2D eigenvalue weighted by Crippen LogP contribution is 2.33. The van der Waals surface area contributed by atoms with Crippen LogP contribution < -0.4 is 10.1 Å². The Bertz CT molecular complexity index is 758. The van der Waals surface area contributed by atoms with Gasteiger partial charge in [-0.05, 0) is 32.0 Å². The summed E-state index contributed by atoms with van der Waals surface area (Å²) in [5.74, 6) is -0.0550. The standard InChI is InChI=1S/C17H18N2O5S/c1-17(2)8-12(20)11-7-10(3-4-13(11)24-17)15(22)18-5-6-19-14(21)9-25-16(19)23/h3-4,7H,5-6,8-9H2,1-2H3,(H,18,22). The van der Waals surface area contributed by atoms with E-state index in [2.05, 4.69) is 5.32 Å². The summed E-state index contributed by atoms with van der Waals surface area (Å²) < 4.78 is 5.76. The first kappa shape index (κ1) is 17.5. The predicted octanol–water partition coefficient (Wildman–Crippen LogP) is 1.86. The number of Topliss-reactive ketones (excluding diaryl/α,β-unsaturated/α-hetero) is 1. The molecule has 3 rings (SSSR count). The number of nitrogens with one attached hydrogen (secondary N) is 1. The van der Waals surface area contributed by atoms with Crippen LogP contribution in [0.2, 0.25) is 0 Å². The Labute approximate surface area is 149 Å².